The van der Waals surface area contributed by atoms with Crippen LogP contribution in [0.5, 0.6) is 0 Å². The van der Waals surface area contributed by atoms with E-state index in [1.807, 2.05) is 12.1 Å². The van der Waals surface area contributed by atoms with Crippen LogP contribution in [-0.4, -0.2) is 11.1 Å². The summed E-state index contributed by atoms with van der Waals surface area (Å²) in [6, 6.07) is 8.70. The maximum atomic E-state index is 10.5. The molecule has 4 heteroatoms. The number of fused-ring (bicyclic) bond motifs is 1. The number of hydrogen-bond acceptors (Lipinski definition) is 2. The van der Waals surface area contributed by atoms with Crippen LogP contribution >= 0.6 is 0 Å². The maximum absolute atomic E-state index is 10.5. The summed E-state index contributed by atoms with van der Waals surface area (Å²) in [6.07, 6.45) is 0. The van der Waals surface area contributed by atoms with Gasteiger partial charge < -0.3 is 21.9 Å². The molecule has 0 spiro atoms. The Labute approximate surface area is 80.4 Å². The van der Waals surface area contributed by atoms with Gasteiger partial charge >= 0.3 is 5.97 Å². The minimum atomic E-state index is -1.04. The first-order valence-corrected chi connectivity index (χ1v) is 3.49. The standard InChI is InChI=1S/C9H6O3.ClH/c10-9(11)8-5-6-3-1-2-4-7(6)12-8;/h1-5H,(H,10,11);1H/p-1. The highest BCUT2D eigenvalue weighted by atomic mass is 35.5. The predicted molar refractivity (Wildman–Crippen MR) is 43.2 cm³/mol. The van der Waals surface area contributed by atoms with Gasteiger partial charge in [-0.05, 0) is 12.1 Å². The van der Waals surface area contributed by atoms with Crippen LogP contribution in [0.2, 0.25) is 0 Å². The highest BCUT2D eigenvalue weighted by Crippen LogP contribution is 2.18. The predicted octanol–water partition coefficient (Wildman–Crippen LogP) is -0.865. The van der Waals surface area contributed by atoms with E-state index in [9.17, 15) is 4.79 Å². The number of benzene rings is 1. The molecule has 1 aromatic heterocycles. The van der Waals surface area contributed by atoms with Crippen molar-refractivity contribution in [2.24, 2.45) is 0 Å². The number of carboxylic acid groups (broad SMARTS) is 1. The van der Waals surface area contributed by atoms with Crippen LogP contribution in [0.4, 0.5) is 0 Å². The third kappa shape index (κ3) is 1.65. The average molecular weight is 198 g/mol. The van der Waals surface area contributed by atoms with Crippen molar-refractivity contribution in [3.8, 4) is 0 Å². The molecule has 13 heavy (non-hydrogen) atoms. The molecule has 3 nitrogen and oxygen atoms in total. The number of hydrogen-bond donors (Lipinski definition) is 1. The van der Waals surface area contributed by atoms with E-state index in [4.69, 9.17) is 9.52 Å². The van der Waals surface area contributed by atoms with Crippen molar-refractivity contribution < 1.29 is 26.7 Å². The quantitative estimate of drug-likeness (QED) is 0.647. The van der Waals surface area contributed by atoms with E-state index in [1.165, 1.54) is 6.07 Å². The van der Waals surface area contributed by atoms with Crippen molar-refractivity contribution in [3.05, 3.63) is 36.1 Å². The first-order valence-electron chi connectivity index (χ1n) is 3.49. The Bertz CT molecular complexity index is 400. The fourth-order valence-electron chi connectivity index (χ4n) is 1.09. The number of halogens is 1. The van der Waals surface area contributed by atoms with Crippen LogP contribution in [-0.2, 0) is 0 Å². The van der Waals surface area contributed by atoms with Crippen molar-refractivity contribution in [1.82, 2.24) is 0 Å². The summed E-state index contributed by atoms with van der Waals surface area (Å²) in [6.45, 7) is 0. The zero-order chi connectivity index (χ0) is 8.55. The lowest BCUT2D eigenvalue weighted by atomic mass is 10.2. The van der Waals surface area contributed by atoms with Crippen molar-refractivity contribution in [3.63, 3.8) is 0 Å². The number of furan rings is 1. The van der Waals surface area contributed by atoms with E-state index < -0.39 is 5.97 Å². The van der Waals surface area contributed by atoms with Crippen LogP contribution in [0, 0.1) is 0 Å². The second kappa shape index (κ2) is 3.49. The molecule has 0 atom stereocenters. The van der Waals surface area contributed by atoms with E-state index in [0.29, 0.717) is 5.58 Å². The normalized spacial score (nSPS) is 9.54. The minimum Gasteiger partial charge on any atom is -1.00 e. The minimum absolute atomic E-state index is 0. The van der Waals surface area contributed by atoms with Gasteiger partial charge in [-0.15, -0.1) is 0 Å². The van der Waals surface area contributed by atoms with Gasteiger partial charge in [-0.25, -0.2) is 4.79 Å². The van der Waals surface area contributed by atoms with Crippen molar-refractivity contribution in [1.29, 1.82) is 0 Å². The van der Waals surface area contributed by atoms with Gasteiger partial charge in [0.25, 0.3) is 0 Å². The molecule has 2 aromatic rings. The lowest BCUT2D eigenvalue weighted by Gasteiger charge is -1.83. The number of aromatic carboxylic acids is 1. The van der Waals surface area contributed by atoms with Gasteiger partial charge in [0.15, 0.2) is 0 Å². The Hall–Kier alpha value is -1.48. The molecule has 2 rings (SSSR count). The summed E-state index contributed by atoms with van der Waals surface area (Å²) in [5.74, 6) is -1.05. The van der Waals surface area contributed by atoms with Gasteiger partial charge in [0.05, 0.1) is 0 Å². The topological polar surface area (TPSA) is 50.4 Å². The molecule has 0 unspecified atom stereocenters. The van der Waals surface area contributed by atoms with Gasteiger partial charge in [0, 0.05) is 5.39 Å². The lowest BCUT2D eigenvalue weighted by molar-refractivity contribution is -0.0000178. The second-order valence-electron chi connectivity index (χ2n) is 2.45. The molecule has 0 bridgehead atoms. The van der Waals surface area contributed by atoms with E-state index in [0.717, 1.165) is 5.39 Å². The first kappa shape index (κ1) is 9.61. The highest BCUT2D eigenvalue weighted by molar-refractivity contribution is 5.91. The van der Waals surface area contributed by atoms with E-state index in [2.05, 4.69) is 0 Å². The van der Waals surface area contributed by atoms with Gasteiger partial charge in [-0.3, -0.25) is 0 Å². The van der Waals surface area contributed by atoms with Crippen LogP contribution < -0.4 is 12.4 Å². The maximum Gasteiger partial charge on any atom is 0.371 e. The molecule has 0 saturated heterocycles. The highest BCUT2D eigenvalue weighted by Gasteiger charge is 2.08. The van der Waals surface area contributed by atoms with Crippen molar-refractivity contribution in [2.75, 3.05) is 0 Å². The van der Waals surface area contributed by atoms with Gasteiger partial charge in [0.2, 0.25) is 5.76 Å². The summed E-state index contributed by atoms with van der Waals surface area (Å²) < 4.78 is 5.03. The number of carboxylic acids is 1. The molecule has 0 radical (unpaired) electrons. The summed E-state index contributed by atoms with van der Waals surface area (Å²) in [7, 11) is 0. The van der Waals surface area contributed by atoms with Crippen LogP contribution in [0.25, 0.3) is 11.0 Å². The molecule has 0 aliphatic rings. The van der Waals surface area contributed by atoms with E-state index >= 15 is 0 Å². The zero-order valence-electron chi connectivity index (χ0n) is 6.53. The number of rotatable bonds is 1. The molecule has 68 valence electrons. The van der Waals surface area contributed by atoms with Crippen LogP contribution in [0.15, 0.2) is 34.7 Å². The summed E-state index contributed by atoms with van der Waals surface area (Å²) in [4.78, 5) is 10.5. The average Bonchev–Trinajstić information content (AvgIpc) is 2.46. The summed E-state index contributed by atoms with van der Waals surface area (Å²) in [5.41, 5.74) is 0.606. The first-order chi connectivity index (χ1) is 5.77. The molecule has 0 saturated carbocycles. The Morgan fingerprint density at radius 3 is 2.62 bits per heavy atom. The van der Waals surface area contributed by atoms with Gasteiger partial charge in [-0.2, -0.15) is 0 Å². The molecule has 0 aliphatic carbocycles. The van der Waals surface area contributed by atoms with E-state index in [1.54, 1.807) is 12.1 Å². The van der Waals surface area contributed by atoms with Crippen LogP contribution in [0.1, 0.15) is 10.6 Å². The van der Waals surface area contributed by atoms with Crippen LogP contribution in [0.3, 0.4) is 0 Å². The zero-order valence-corrected chi connectivity index (χ0v) is 7.28. The Morgan fingerprint density at radius 2 is 2.00 bits per heavy atom. The molecular formula is C9H6ClO3-. The monoisotopic (exact) mass is 197 g/mol. The molecule has 1 aromatic carbocycles. The molecular weight excluding hydrogens is 192 g/mol. The largest absolute Gasteiger partial charge is 1.00 e. The molecule has 1 N–H and O–H groups in total. The fraction of sp³-hybridized carbons (Fsp3) is 0. The Kier molecular flexibility index (Phi) is 2.58. The SMILES string of the molecule is O=C(O)c1cc2ccccc2o1.[Cl-]. The fourth-order valence-corrected chi connectivity index (χ4v) is 1.09. The van der Waals surface area contributed by atoms with Gasteiger partial charge in [0.1, 0.15) is 5.58 Å². The third-order valence-electron chi connectivity index (χ3n) is 1.64. The van der Waals surface area contributed by atoms with Crippen molar-refractivity contribution in [2.45, 2.75) is 0 Å². The summed E-state index contributed by atoms with van der Waals surface area (Å²) in [5, 5.41) is 9.41. The van der Waals surface area contributed by atoms with E-state index in [-0.39, 0.29) is 18.2 Å². The Balaban J connectivity index is 0.000000845. The second-order valence-corrected chi connectivity index (χ2v) is 2.45. The number of carbonyl (C=O) groups is 1. The lowest BCUT2D eigenvalue weighted by Crippen LogP contribution is -3.00. The number of para-hydroxylation sites is 1. The Morgan fingerprint density at radius 1 is 1.31 bits per heavy atom. The molecule has 0 amide bonds. The third-order valence-corrected chi connectivity index (χ3v) is 1.64. The molecule has 0 aliphatic heterocycles. The molecule has 1 heterocycles. The van der Waals surface area contributed by atoms with Crippen molar-refractivity contribution >= 4 is 16.9 Å². The smallest absolute Gasteiger partial charge is 0.371 e. The molecule has 0 fully saturated rings. The summed E-state index contributed by atoms with van der Waals surface area (Å²) >= 11 is 0. The van der Waals surface area contributed by atoms with Gasteiger partial charge in [-0.1, -0.05) is 18.2 Å².